The van der Waals surface area contributed by atoms with Gasteiger partial charge in [-0.25, -0.2) is 0 Å². The minimum atomic E-state index is -1.21. The number of pyridine rings is 2. The predicted molar refractivity (Wildman–Crippen MR) is 246 cm³/mol. The van der Waals surface area contributed by atoms with Crippen molar-refractivity contribution < 1.29 is 83.3 Å². The number of aromatic nitrogens is 2. The molecule has 14 nitrogen and oxygen atoms in total. The van der Waals surface area contributed by atoms with Crippen LogP contribution >= 0.6 is 46.4 Å². The number of carboxylic acids is 4. The second-order valence-corrected chi connectivity index (χ2v) is 14.4. The van der Waals surface area contributed by atoms with Gasteiger partial charge >= 0.3 is 34.1 Å². The van der Waals surface area contributed by atoms with Gasteiger partial charge in [0.25, 0.3) is 11.8 Å². The topological polar surface area (TPSA) is 227 Å². The van der Waals surface area contributed by atoms with Crippen LogP contribution in [0.2, 0.25) is 20.1 Å². The number of hydrogen-bond donors (Lipinski definition) is 0. The van der Waals surface area contributed by atoms with Gasteiger partial charge in [0.1, 0.15) is 0 Å². The van der Waals surface area contributed by atoms with Gasteiger partial charge in [-0.2, -0.15) is 0 Å². The van der Waals surface area contributed by atoms with Crippen LogP contribution in [0.1, 0.15) is 89.8 Å². The Kier molecular flexibility index (Phi) is 34.3. The van der Waals surface area contributed by atoms with Crippen LogP contribution in [0.5, 0.6) is 0 Å². The van der Waals surface area contributed by atoms with Crippen LogP contribution in [-0.2, 0) is 34.1 Å². The molecule has 0 fully saturated rings. The summed E-state index contributed by atoms with van der Waals surface area (Å²) in [6, 6.07) is 30.9. The number of halogens is 4. The number of carbonyl (C=O) groups is 6. The molecule has 6 aromatic rings. The summed E-state index contributed by atoms with van der Waals surface area (Å²) in [5.74, 6) is -4.72. The molecule has 366 valence electrons. The van der Waals surface area contributed by atoms with E-state index in [1.54, 1.807) is 107 Å². The van der Waals surface area contributed by atoms with E-state index in [0.717, 1.165) is 26.2 Å². The standard InChI is InChI=1S/2C10H14N2O.4C7H5ClO2.2Cu/c2*1-3-12(4-2)10(13)9-6-5-7-11-8-9;4*8-6-3-1-2-5(4-6)7(9)10;;/h2*5-8H,3-4H2,1-2H3;4*1-4H,(H,9,10);;/q;;;;;;2*+2/p-4. The first-order chi connectivity index (χ1) is 31.4. The fourth-order valence-corrected chi connectivity index (χ4v) is 5.59. The fraction of sp³-hybridized carbons (Fsp3) is 0.167. The van der Waals surface area contributed by atoms with Crippen molar-refractivity contribution >= 4 is 82.1 Å². The van der Waals surface area contributed by atoms with E-state index in [1.165, 1.54) is 48.5 Å². The van der Waals surface area contributed by atoms with E-state index in [2.05, 4.69) is 9.97 Å². The second kappa shape index (κ2) is 36.3. The molecule has 0 spiro atoms. The zero-order valence-corrected chi connectivity index (χ0v) is 41.6. The van der Waals surface area contributed by atoms with Crippen molar-refractivity contribution in [2.75, 3.05) is 26.2 Å². The van der Waals surface area contributed by atoms with Crippen molar-refractivity contribution in [2.45, 2.75) is 27.7 Å². The van der Waals surface area contributed by atoms with Gasteiger partial charge in [0.05, 0.1) is 35.0 Å². The van der Waals surface area contributed by atoms with E-state index in [9.17, 15) is 49.2 Å². The van der Waals surface area contributed by atoms with Gasteiger partial charge in [0.15, 0.2) is 0 Å². The molecule has 2 amide bonds. The number of carbonyl (C=O) groups excluding carboxylic acids is 6. The van der Waals surface area contributed by atoms with Crippen molar-refractivity contribution in [3.63, 3.8) is 0 Å². The first-order valence-corrected chi connectivity index (χ1v) is 21.2. The predicted octanol–water partition coefficient (Wildman–Crippen LogP) is 5.94. The van der Waals surface area contributed by atoms with E-state index < -0.39 is 23.9 Å². The van der Waals surface area contributed by atoms with E-state index in [0.29, 0.717) is 31.2 Å². The Bertz CT molecular complexity index is 2190. The summed E-state index contributed by atoms with van der Waals surface area (Å²) >= 11 is 22.0. The maximum absolute atomic E-state index is 11.7. The van der Waals surface area contributed by atoms with E-state index in [-0.39, 0.29) is 68.2 Å². The van der Waals surface area contributed by atoms with Crippen LogP contribution < -0.4 is 20.4 Å². The van der Waals surface area contributed by atoms with Crippen LogP contribution in [0.25, 0.3) is 0 Å². The summed E-state index contributed by atoms with van der Waals surface area (Å²) < 4.78 is 0. The Hall–Kier alpha value is -5.80. The second-order valence-electron chi connectivity index (χ2n) is 12.6. The Morgan fingerprint density at radius 1 is 0.397 bits per heavy atom. The smallest absolute Gasteiger partial charge is 0.545 e. The average Bonchev–Trinajstić information content (AvgIpc) is 3.31. The van der Waals surface area contributed by atoms with Crippen LogP contribution in [0.3, 0.4) is 0 Å². The van der Waals surface area contributed by atoms with Crippen molar-refractivity contribution in [3.05, 3.63) is 200 Å². The molecule has 68 heavy (non-hydrogen) atoms. The zero-order chi connectivity index (χ0) is 49.6. The molecular formula is C48H44Cl4Cu2N4O10. The summed E-state index contributed by atoms with van der Waals surface area (Å²) in [5.41, 5.74) is 1.73. The number of benzene rings is 4. The molecule has 0 atom stereocenters. The Labute approximate surface area is 435 Å². The summed E-state index contributed by atoms with van der Waals surface area (Å²) in [6.45, 7) is 10.8. The number of carboxylic acid groups (broad SMARTS) is 4. The van der Waals surface area contributed by atoms with Gasteiger partial charge in [0, 0.05) is 71.1 Å². The van der Waals surface area contributed by atoms with Gasteiger partial charge in [-0.15, -0.1) is 0 Å². The third-order valence-corrected chi connectivity index (χ3v) is 9.10. The minimum absolute atomic E-state index is 0. The average molecular weight is 1110 g/mol. The number of amides is 2. The number of rotatable bonds is 10. The van der Waals surface area contributed by atoms with E-state index in [1.807, 2.05) is 27.7 Å². The molecule has 0 aliphatic heterocycles. The molecular weight excluding hydrogens is 1060 g/mol. The maximum atomic E-state index is 11.7. The van der Waals surface area contributed by atoms with E-state index >= 15 is 0 Å². The summed E-state index contributed by atoms with van der Waals surface area (Å²) in [6.07, 6.45) is 6.53. The molecule has 0 N–H and O–H groups in total. The zero-order valence-electron chi connectivity index (χ0n) is 36.7. The van der Waals surface area contributed by atoms with E-state index in [4.69, 9.17) is 46.4 Å². The SMILES string of the molecule is CCN(CC)C(=O)c1cccnc1.CCN(CC)C(=O)c1cccnc1.O=C([O-])c1cccc(Cl)c1.O=C([O-])c1cccc(Cl)c1.O=C([O-])c1cccc(Cl)c1.O=C([O-])c1cccc(Cl)c1.[Cu+2].[Cu+2]. The van der Waals surface area contributed by atoms with Crippen molar-refractivity contribution in [1.29, 1.82) is 0 Å². The summed E-state index contributed by atoms with van der Waals surface area (Å²) in [4.78, 5) is 75.5. The molecule has 0 bridgehead atoms. The Morgan fingerprint density at radius 3 is 0.765 bits per heavy atom. The summed E-state index contributed by atoms with van der Waals surface area (Å²) in [7, 11) is 0. The first kappa shape index (κ1) is 64.3. The van der Waals surface area contributed by atoms with Crippen LogP contribution in [-0.4, -0.2) is 81.6 Å². The molecule has 2 aromatic heterocycles. The monoisotopic (exact) mass is 1100 g/mol. The first-order valence-electron chi connectivity index (χ1n) is 19.6. The normalized spacial score (nSPS) is 9.18. The molecule has 0 saturated heterocycles. The van der Waals surface area contributed by atoms with Gasteiger partial charge in [0.2, 0.25) is 0 Å². The van der Waals surface area contributed by atoms with Crippen molar-refractivity contribution in [2.24, 2.45) is 0 Å². The largest absolute Gasteiger partial charge is 2.00 e. The summed E-state index contributed by atoms with van der Waals surface area (Å²) in [5, 5.41) is 42.4. The molecule has 6 rings (SSSR count). The molecule has 0 unspecified atom stereocenters. The molecule has 0 saturated carbocycles. The third-order valence-electron chi connectivity index (χ3n) is 8.16. The molecule has 0 aliphatic carbocycles. The fourth-order valence-electron chi connectivity index (χ4n) is 4.83. The van der Waals surface area contributed by atoms with Gasteiger partial charge < -0.3 is 49.4 Å². The van der Waals surface area contributed by atoms with Crippen LogP contribution in [0.4, 0.5) is 0 Å². The van der Waals surface area contributed by atoms with Gasteiger partial charge in [-0.3, -0.25) is 19.6 Å². The minimum Gasteiger partial charge on any atom is -0.545 e. The number of hydrogen-bond acceptors (Lipinski definition) is 12. The maximum Gasteiger partial charge on any atom is 2.00 e. The molecule has 20 heteroatoms. The van der Waals surface area contributed by atoms with Crippen LogP contribution in [0.15, 0.2) is 146 Å². The number of nitrogens with zero attached hydrogens (tertiary/aromatic N) is 4. The quantitative estimate of drug-likeness (QED) is 0.145. The third kappa shape index (κ3) is 25.9. The molecule has 0 aliphatic rings. The van der Waals surface area contributed by atoms with Crippen molar-refractivity contribution in [3.8, 4) is 0 Å². The van der Waals surface area contributed by atoms with Crippen LogP contribution in [0, 0.1) is 0 Å². The molecule has 4 aromatic carbocycles. The van der Waals surface area contributed by atoms with Crippen molar-refractivity contribution in [1.82, 2.24) is 19.8 Å². The van der Waals surface area contributed by atoms with Gasteiger partial charge in [-0.1, -0.05) is 94.9 Å². The Morgan fingerprint density at radius 2 is 0.618 bits per heavy atom. The Balaban J connectivity index is 0. The van der Waals surface area contributed by atoms with Gasteiger partial charge in [-0.05, 0) is 123 Å². The molecule has 2 radical (unpaired) electrons. The molecule has 2 heterocycles. The number of aromatic carboxylic acids is 4.